The first-order chi connectivity index (χ1) is 8.42. The van der Waals surface area contributed by atoms with E-state index in [1.165, 1.54) is 55.8 Å². The summed E-state index contributed by atoms with van der Waals surface area (Å²) in [6, 6.07) is 7.17. The smallest absolute Gasteiger partial charge is 0.0104 e. The third-order valence-electron chi connectivity index (χ3n) is 3.90. The molecule has 0 amide bonds. The fraction of sp³-hybridized carbons (Fsp3) is 0.600. The summed E-state index contributed by atoms with van der Waals surface area (Å²) in [5, 5.41) is 3.51. The summed E-state index contributed by atoms with van der Waals surface area (Å²) in [4.78, 5) is 1.53. The van der Waals surface area contributed by atoms with Crippen LogP contribution in [0.2, 0.25) is 0 Å². The van der Waals surface area contributed by atoms with Crippen LogP contribution in [0.3, 0.4) is 0 Å². The van der Waals surface area contributed by atoms with Gasteiger partial charge in [-0.05, 0) is 74.1 Å². The van der Waals surface area contributed by atoms with Gasteiger partial charge in [-0.2, -0.15) is 0 Å². The van der Waals surface area contributed by atoms with Crippen molar-refractivity contribution in [3.8, 4) is 0 Å². The van der Waals surface area contributed by atoms with Crippen LogP contribution < -0.4 is 5.32 Å². The Morgan fingerprint density at radius 1 is 1.29 bits per heavy atom. The van der Waals surface area contributed by atoms with Crippen LogP contribution >= 0.6 is 11.8 Å². The maximum Gasteiger partial charge on any atom is 0.0104 e. The van der Waals surface area contributed by atoms with Gasteiger partial charge in [0.15, 0.2) is 0 Å². The molecule has 1 fully saturated rings. The zero-order chi connectivity index (χ0) is 11.5. The van der Waals surface area contributed by atoms with Gasteiger partial charge in [0.1, 0.15) is 0 Å². The van der Waals surface area contributed by atoms with Crippen molar-refractivity contribution in [3.63, 3.8) is 0 Å². The van der Waals surface area contributed by atoms with Crippen molar-refractivity contribution in [2.24, 2.45) is 5.92 Å². The molecule has 1 N–H and O–H groups in total. The van der Waals surface area contributed by atoms with E-state index in [1.54, 1.807) is 11.1 Å². The first-order valence-electron chi connectivity index (χ1n) is 6.87. The molecule has 2 aliphatic rings. The molecule has 92 valence electrons. The molecule has 1 aromatic carbocycles. The van der Waals surface area contributed by atoms with Crippen molar-refractivity contribution in [3.05, 3.63) is 29.3 Å². The Morgan fingerprint density at radius 2 is 2.29 bits per heavy atom. The molecule has 1 saturated heterocycles. The molecule has 0 aromatic heterocycles. The summed E-state index contributed by atoms with van der Waals surface area (Å²) in [6.45, 7) is 2.43. The highest BCUT2D eigenvalue weighted by molar-refractivity contribution is 7.99. The van der Waals surface area contributed by atoms with Crippen LogP contribution in [0.1, 0.15) is 30.4 Å². The minimum absolute atomic E-state index is 0.859. The van der Waals surface area contributed by atoms with Gasteiger partial charge >= 0.3 is 0 Å². The Labute approximate surface area is 108 Å². The summed E-state index contributed by atoms with van der Waals surface area (Å²) >= 11 is 2.03. The number of rotatable bonds is 2. The van der Waals surface area contributed by atoms with Gasteiger partial charge in [0, 0.05) is 4.90 Å². The first-order valence-corrected chi connectivity index (χ1v) is 7.86. The Morgan fingerprint density at radius 3 is 3.18 bits per heavy atom. The monoisotopic (exact) mass is 247 g/mol. The number of piperidine rings is 1. The van der Waals surface area contributed by atoms with Crippen molar-refractivity contribution in [2.45, 2.75) is 37.0 Å². The molecule has 1 unspecified atom stereocenters. The highest BCUT2D eigenvalue weighted by Crippen LogP contribution is 2.31. The van der Waals surface area contributed by atoms with Gasteiger partial charge < -0.3 is 5.32 Å². The van der Waals surface area contributed by atoms with Crippen LogP contribution in [-0.2, 0) is 12.8 Å². The average molecular weight is 247 g/mol. The van der Waals surface area contributed by atoms with E-state index in [0.717, 1.165) is 5.92 Å². The molecule has 0 spiro atoms. The fourth-order valence-corrected chi connectivity index (χ4v) is 3.99. The quantitative estimate of drug-likeness (QED) is 0.861. The maximum atomic E-state index is 3.51. The average Bonchev–Trinajstić information content (AvgIpc) is 2.40. The second kappa shape index (κ2) is 5.45. The van der Waals surface area contributed by atoms with Gasteiger partial charge in [-0.15, -0.1) is 11.8 Å². The zero-order valence-electron chi connectivity index (χ0n) is 10.4. The minimum atomic E-state index is 0.859. The number of benzene rings is 1. The van der Waals surface area contributed by atoms with Crippen LogP contribution in [0.25, 0.3) is 0 Å². The van der Waals surface area contributed by atoms with E-state index in [4.69, 9.17) is 0 Å². The second-order valence-electron chi connectivity index (χ2n) is 5.31. The third-order valence-corrected chi connectivity index (χ3v) is 5.10. The third kappa shape index (κ3) is 2.86. The summed E-state index contributed by atoms with van der Waals surface area (Å²) in [5.41, 5.74) is 3.16. The van der Waals surface area contributed by atoms with Crippen LogP contribution in [0.5, 0.6) is 0 Å². The Kier molecular flexibility index (Phi) is 3.72. The predicted molar refractivity (Wildman–Crippen MR) is 74.8 cm³/mol. The van der Waals surface area contributed by atoms with Gasteiger partial charge in [-0.1, -0.05) is 12.1 Å². The molecule has 1 aromatic rings. The lowest BCUT2D eigenvalue weighted by atomic mass is 9.91. The van der Waals surface area contributed by atoms with Gasteiger partial charge in [0.05, 0.1) is 0 Å². The molecule has 2 heteroatoms. The number of thioether (sulfide) groups is 1. The molecule has 0 saturated carbocycles. The van der Waals surface area contributed by atoms with E-state index >= 15 is 0 Å². The Bertz CT molecular complexity index is 383. The number of nitrogens with one attached hydrogen (secondary N) is 1. The summed E-state index contributed by atoms with van der Waals surface area (Å²) in [5.74, 6) is 2.16. The molecule has 1 nitrogen and oxygen atoms in total. The van der Waals surface area contributed by atoms with Gasteiger partial charge in [-0.3, -0.25) is 0 Å². The highest BCUT2D eigenvalue weighted by atomic mass is 32.2. The predicted octanol–water partition coefficient (Wildman–Crippen LogP) is 3.27. The van der Waals surface area contributed by atoms with E-state index in [1.807, 2.05) is 11.8 Å². The van der Waals surface area contributed by atoms with Gasteiger partial charge in [0.25, 0.3) is 0 Å². The molecule has 0 bridgehead atoms. The normalized spacial score (nSPS) is 24.4. The van der Waals surface area contributed by atoms with Crippen molar-refractivity contribution in [1.29, 1.82) is 0 Å². The van der Waals surface area contributed by atoms with E-state index < -0.39 is 0 Å². The molecule has 2 aliphatic heterocycles. The number of hydrogen-bond donors (Lipinski definition) is 1. The van der Waals surface area contributed by atoms with Crippen molar-refractivity contribution in [2.75, 3.05) is 18.8 Å². The van der Waals surface area contributed by atoms with Crippen molar-refractivity contribution in [1.82, 2.24) is 5.32 Å². The molecular weight excluding hydrogens is 226 g/mol. The second-order valence-corrected chi connectivity index (χ2v) is 6.45. The van der Waals surface area contributed by atoms with Crippen LogP contribution in [0.15, 0.2) is 23.1 Å². The van der Waals surface area contributed by atoms with Crippen LogP contribution in [0, 0.1) is 5.92 Å². The van der Waals surface area contributed by atoms with E-state index in [2.05, 4.69) is 23.5 Å². The number of hydrogen-bond acceptors (Lipinski definition) is 2. The first kappa shape index (κ1) is 11.6. The van der Waals surface area contributed by atoms with Gasteiger partial charge in [-0.25, -0.2) is 0 Å². The van der Waals surface area contributed by atoms with Crippen molar-refractivity contribution < 1.29 is 0 Å². The van der Waals surface area contributed by atoms with Crippen LogP contribution in [0.4, 0.5) is 0 Å². The van der Waals surface area contributed by atoms with E-state index in [-0.39, 0.29) is 0 Å². The lowest BCUT2D eigenvalue weighted by molar-refractivity contribution is 0.376. The summed E-state index contributed by atoms with van der Waals surface area (Å²) < 4.78 is 0. The standard InChI is InChI=1S/C15H21NS/c1-3-13(11-16-7-1)9-12-5-6-15-14(10-12)4-2-8-17-15/h5-6,10,13,16H,1-4,7-9,11H2. The van der Waals surface area contributed by atoms with E-state index in [9.17, 15) is 0 Å². The maximum absolute atomic E-state index is 3.51. The molecule has 3 rings (SSSR count). The Hall–Kier alpha value is -0.470. The number of fused-ring (bicyclic) bond motifs is 1. The molecule has 1 atom stereocenters. The van der Waals surface area contributed by atoms with Crippen molar-refractivity contribution >= 4 is 11.8 Å². The SMILES string of the molecule is c1cc2c(cc1CC1CCCNC1)CCCS2. The van der Waals surface area contributed by atoms with Crippen LogP contribution in [-0.4, -0.2) is 18.8 Å². The molecular formula is C15H21NS. The fourth-order valence-electron chi connectivity index (χ4n) is 2.97. The molecule has 17 heavy (non-hydrogen) atoms. The topological polar surface area (TPSA) is 12.0 Å². The molecule has 0 radical (unpaired) electrons. The largest absolute Gasteiger partial charge is 0.316 e. The summed E-state index contributed by atoms with van der Waals surface area (Å²) in [7, 11) is 0. The Balaban J connectivity index is 1.70. The zero-order valence-corrected chi connectivity index (χ0v) is 11.2. The van der Waals surface area contributed by atoms with Gasteiger partial charge in [0.2, 0.25) is 0 Å². The lowest BCUT2D eigenvalue weighted by Gasteiger charge is -2.23. The lowest BCUT2D eigenvalue weighted by Crippen LogP contribution is -2.30. The highest BCUT2D eigenvalue weighted by Gasteiger charge is 2.15. The number of aryl methyl sites for hydroxylation is 1. The minimum Gasteiger partial charge on any atom is -0.316 e. The summed E-state index contributed by atoms with van der Waals surface area (Å²) in [6.07, 6.45) is 6.67. The van der Waals surface area contributed by atoms with E-state index in [0.29, 0.717) is 0 Å². The molecule has 0 aliphatic carbocycles. The molecule has 2 heterocycles.